The van der Waals surface area contributed by atoms with E-state index in [2.05, 4.69) is 18.8 Å². The van der Waals surface area contributed by atoms with Gasteiger partial charge in [0.25, 0.3) is 0 Å². The Morgan fingerprint density at radius 1 is 1.54 bits per heavy atom. The normalized spacial score (nSPS) is 11.3. The minimum absolute atomic E-state index is 0.0237. The van der Waals surface area contributed by atoms with Gasteiger partial charge in [-0.1, -0.05) is 13.8 Å². The SMILES string of the molecule is CC(C)(CN)COc1cccnc1. The van der Waals surface area contributed by atoms with E-state index in [0.717, 1.165) is 5.75 Å². The number of ether oxygens (including phenoxy) is 1. The lowest BCUT2D eigenvalue weighted by Gasteiger charge is -2.22. The molecule has 1 aromatic heterocycles. The molecule has 0 amide bonds. The van der Waals surface area contributed by atoms with Crippen LogP contribution in [0, 0.1) is 5.41 Å². The first kappa shape index (κ1) is 9.99. The molecule has 0 aliphatic heterocycles. The van der Waals surface area contributed by atoms with Gasteiger partial charge in [0.15, 0.2) is 0 Å². The molecule has 0 unspecified atom stereocenters. The minimum Gasteiger partial charge on any atom is -0.491 e. The second kappa shape index (κ2) is 4.23. The summed E-state index contributed by atoms with van der Waals surface area (Å²) in [5.74, 6) is 0.795. The lowest BCUT2D eigenvalue weighted by atomic mass is 9.95. The van der Waals surface area contributed by atoms with Gasteiger partial charge in [-0.3, -0.25) is 4.98 Å². The van der Waals surface area contributed by atoms with E-state index in [-0.39, 0.29) is 5.41 Å². The molecule has 3 nitrogen and oxygen atoms in total. The molecule has 3 heteroatoms. The van der Waals surface area contributed by atoms with E-state index in [1.165, 1.54) is 0 Å². The van der Waals surface area contributed by atoms with Gasteiger partial charge >= 0.3 is 0 Å². The van der Waals surface area contributed by atoms with Crippen LogP contribution in [0.2, 0.25) is 0 Å². The van der Waals surface area contributed by atoms with Crippen LogP contribution in [-0.4, -0.2) is 18.1 Å². The molecule has 1 rings (SSSR count). The highest BCUT2D eigenvalue weighted by Crippen LogP contribution is 2.15. The number of hydrogen-bond acceptors (Lipinski definition) is 3. The van der Waals surface area contributed by atoms with E-state index < -0.39 is 0 Å². The molecule has 1 aromatic rings. The van der Waals surface area contributed by atoms with Gasteiger partial charge in [0.2, 0.25) is 0 Å². The zero-order valence-electron chi connectivity index (χ0n) is 8.16. The first-order chi connectivity index (χ1) is 6.14. The van der Waals surface area contributed by atoms with E-state index in [0.29, 0.717) is 13.2 Å². The van der Waals surface area contributed by atoms with Crippen molar-refractivity contribution in [3.63, 3.8) is 0 Å². The van der Waals surface area contributed by atoms with Crippen molar-refractivity contribution >= 4 is 0 Å². The number of hydrogen-bond donors (Lipinski definition) is 1. The maximum atomic E-state index is 5.57. The van der Waals surface area contributed by atoms with Crippen molar-refractivity contribution in [2.45, 2.75) is 13.8 Å². The number of nitrogens with zero attached hydrogens (tertiary/aromatic N) is 1. The van der Waals surface area contributed by atoms with Gasteiger partial charge in [0, 0.05) is 18.2 Å². The monoisotopic (exact) mass is 180 g/mol. The maximum Gasteiger partial charge on any atom is 0.137 e. The van der Waals surface area contributed by atoms with Crippen molar-refractivity contribution in [3.8, 4) is 5.75 Å². The summed E-state index contributed by atoms with van der Waals surface area (Å²) in [6.45, 7) is 5.38. The van der Waals surface area contributed by atoms with Crippen molar-refractivity contribution in [2.24, 2.45) is 11.1 Å². The molecular formula is C10H16N2O. The van der Waals surface area contributed by atoms with Crippen molar-refractivity contribution in [3.05, 3.63) is 24.5 Å². The average Bonchev–Trinajstić information content (AvgIpc) is 2.17. The number of aromatic nitrogens is 1. The smallest absolute Gasteiger partial charge is 0.137 e. The molecule has 0 atom stereocenters. The minimum atomic E-state index is 0.0237. The topological polar surface area (TPSA) is 48.1 Å². The summed E-state index contributed by atoms with van der Waals surface area (Å²) < 4.78 is 5.52. The summed E-state index contributed by atoms with van der Waals surface area (Å²) in [6, 6.07) is 3.74. The van der Waals surface area contributed by atoms with Crippen LogP contribution < -0.4 is 10.5 Å². The van der Waals surface area contributed by atoms with Crippen molar-refractivity contribution in [1.82, 2.24) is 4.98 Å². The lowest BCUT2D eigenvalue weighted by molar-refractivity contribution is 0.186. The van der Waals surface area contributed by atoms with Crippen LogP contribution in [0.1, 0.15) is 13.8 Å². The number of nitrogens with two attached hydrogens (primary N) is 1. The van der Waals surface area contributed by atoms with E-state index in [1.807, 2.05) is 12.1 Å². The van der Waals surface area contributed by atoms with Crippen LogP contribution in [0.3, 0.4) is 0 Å². The predicted molar refractivity (Wildman–Crippen MR) is 52.6 cm³/mol. The summed E-state index contributed by atoms with van der Waals surface area (Å²) >= 11 is 0. The van der Waals surface area contributed by atoms with Crippen LogP contribution >= 0.6 is 0 Å². The third-order valence-electron chi connectivity index (χ3n) is 1.82. The standard InChI is InChI=1S/C10H16N2O/c1-10(2,7-11)8-13-9-4-3-5-12-6-9/h3-6H,7-8,11H2,1-2H3. The van der Waals surface area contributed by atoms with Crippen LogP contribution in [-0.2, 0) is 0 Å². The van der Waals surface area contributed by atoms with Crippen LogP contribution in [0.5, 0.6) is 5.75 Å². The zero-order valence-corrected chi connectivity index (χ0v) is 8.16. The third kappa shape index (κ3) is 3.42. The summed E-state index contributed by atoms with van der Waals surface area (Å²) in [5, 5.41) is 0. The lowest BCUT2D eigenvalue weighted by Crippen LogP contribution is -2.30. The van der Waals surface area contributed by atoms with Crippen molar-refractivity contribution in [1.29, 1.82) is 0 Å². The first-order valence-electron chi connectivity index (χ1n) is 4.37. The fraction of sp³-hybridized carbons (Fsp3) is 0.500. The summed E-state index contributed by atoms with van der Waals surface area (Å²) in [4.78, 5) is 3.95. The fourth-order valence-corrected chi connectivity index (χ4v) is 0.770. The van der Waals surface area contributed by atoms with Crippen LogP contribution in [0.15, 0.2) is 24.5 Å². The molecule has 13 heavy (non-hydrogen) atoms. The summed E-state index contributed by atoms with van der Waals surface area (Å²) in [6.07, 6.45) is 3.42. The average molecular weight is 180 g/mol. The molecular weight excluding hydrogens is 164 g/mol. The van der Waals surface area contributed by atoms with E-state index in [9.17, 15) is 0 Å². The quantitative estimate of drug-likeness (QED) is 0.762. The fourth-order valence-electron chi connectivity index (χ4n) is 0.770. The largest absolute Gasteiger partial charge is 0.491 e. The Morgan fingerprint density at radius 3 is 2.85 bits per heavy atom. The first-order valence-corrected chi connectivity index (χ1v) is 4.37. The summed E-state index contributed by atoms with van der Waals surface area (Å²) in [7, 11) is 0. The Hall–Kier alpha value is -1.09. The van der Waals surface area contributed by atoms with E-state index in [1.54, 1.807) is 12.4 Å². The van der Waals surface area contributed by atoms with E-state index >= 15 is 0 Å². The van der Waals surface area contributed by atoms with Gasteiger partial charge < -0.3 is 10.5 Å². The molecule has 0 aliphatic carbocycles. The predicted octanol–water partition coefficient (Wildman–Crippen LogP) is 1.45. The molecule has 0 saturated heterocycles. The van der Waals surface area contributed by atoms with Crippen molar-refractivity contribution in [2.75, 3.05) is 13.2 Å². The Morgan fingerprint density at radius 2 is 2.31 bits per heavy atom. The molecule has 2 N–H and O–H groups in total. The molecule has 0 radical (unpaired) electrons. The highest BCUT2D eigenvalue weighted by Gasteiger charge is 2.16. The second-order valence-corrected chi connectivity index (χ2v) is 3.85. The molecule has 0 aliphatic rings. The van der Waals surface area contributed by atoms with E-state index in [4.69, 9.17) is 10.5 Å². The Bertz CT molecular complexity index is 246. The number of pyridine rings is 1. The Labute approximate surface area is 78.9 Å². The van der Waals surface area contributed by atoms with Gasteiger partial charge in [0.05, 0.1) is 12.8 Å². The second-order valence-electron chi connectivity index (χ2n) is 3.85. The third-order valence-corrected chi connectivity index (χ3v) is 1.82. The molecule has 72 valence electrons. The molecule has 0 saturated carbocycles. The highest BCUT2D eigenvalue weighted by atomic mass is 16.5. The van der Waals surface area contributed by atoms with Gasteiger partial charge in [-0.05, 0) is 12.1 Å². The van der Waals surface area contributed by atoms with Crippen LogP contribution in [0.25, 0.3) is 0 Å². The highest BCUT2D eigenvalue weighted by molar-refractivity contribution is 5.15. The number of rotatable bonds is 4. The molecule has 1 heterocycles. The molecule has 0 spiro atoms. The van der Waals surface area contributed by atoms with Crippen LogP contribution in [0.4, 0.5) is 0 Å². The van der Waals surface area contributed by atoms with Crippen molar-refractivity contribution < 1.29 is 4.74 Å². The molecule has 0 fully saturated rings. The Kier molecular flexibility index (Phi) is 3.25. The van der Waals surface area contributed by atoms with Gasteiger partial charge in [-0.2, -0.15) is 0 Å². The van der Waals surface area contributed by atoms with Gasteiger partial charge in [-0.25, -0.2) is 0 Å². The molecule has 0 bridgehead atoms. The summed E-state index contributed by atoms with van der Waals surface area (Å²) in [5.41, 5.74) is 5.60. The Balaban J connectivity index is 2.44. The maximum absolute atomic E-state index is 5.57. The van der Waals surface area contributed by atoms with Gasteiger partial charge in [0.1, 0.15) is 5.75 Å². The molecule has 0 aromatic carbocycles. The zero-order chi connectivity index (χ0) is 9.73. The van der Waals surface area contributed by atoms with Gasteiger partial charge in [-0.15, -0.1) is 0 Å².